The normalized spacial score (nSPS) is 11.8. The summed E-state index contributed by atoms with van der Waals surface area (Å²) in [4.78, 5) is 33.6. The highest BCUT2D eigenvalue weighted by Gasteiger charge is 2.26. The molecule has 0 fully saturated rings. The number of fused-ring (bicyclic) bond motifs is 1. The molecule has 35 heavy (non-hydrogen) atoms. The minimum absolute atomic E-state index is 0.157. The summed E-state index contributed by atoms with van der Waals surface area (Å²) in [6, 6.07) is 19.7. The molecule has 0 saturated carbocycles. The third-order valence-electron chi connectivity index (χ3n) is 6.17. The number of aryl methyl sites for hydroxylation is 2. The number of hydrogen-bond donors (Lipinski definition) is 1. The van der Waals surface area contributed by atoms with Gasteiger partial charge in [0, 0.05) is 18.3 Å². The van der Waals surface area contributed by atoms with Crippen LogP contribution in [0.4, 0.5) is 10.5 Å². The number of nitrogens with one attached hydrogen (secondary N) is 1. The highest BCUT2D eigenvalue weighted by atomic mass is 16.5. The van der Waals surface area contributed by atoms with Gasteiger partial charge in [-0.2, -0.15) is 0 Å². The van der Waals surface area contributed by atoms with Gasteiger partial charge < -0.3 is 15.0 Å². The first kappa shape index (κ1) is 24.0. The maximum Gasteiger partial charge on any atom is 0.322 e. The zero-order valence-electron chi connectivity index (χ0n) is 20.7. The molecular weight excluding hydrogens is 440 g/mol. The molecule has 4 rings (SSSR count). The van der Waals surface area contributed by atoms with Crippen molar-refractivity contribution in [1.82, 2.24) is 14.5 Å². The minimum atomic E-state index is -0.483. The number of anilines is 1. The largest absolute Gasteiger partial charge is 0.497 e. The number of carbonyl (C=O) groups excluding carboxylic acids is 1. The summed E-state index contributed by atoms with van der Waals surface area (Å²) >= 11 is 0. The van der Waals surface area contributed by atoms with Gasteiger partial charge in [0.15, 0.2) is 0 Å². The molecule has 1 aromatic heterocycles. The molecule has 1 atom stereocenters. The van der Waals surface area contributed by atoms with Gasteiger partial charge in [0.25, 0.3) is 5.56 Å². The Morgan fingerprint density at radius 3 is 2.60 bits per heavy atom. The smallest absolute Gasteiger partial charge is 0.322 e. The van der Waals surface area contributed by atoms with Gasteiger partial charge in [-0.25, -0.2) is 9.78 Å². The maximum absolute atomic E-state index is 13.8. The summed E-state index contributed by atoms with van der Waals surface area (Å²) in [5, 5.41) is 3.48. The molecule has 0 spiro atoms. The van der Waals surface area contributed by atoms with Crippen molar-refractivity contribution in [3.63, 3.8) is 0 Å². The van der Waals surface area contributed by atoms with E-state index in [1.807, 2.05) is 76.2 Å². The molecule has 0 aliphatic heterocycles. The average molecular weight is 471 g/mol. The molecule has 4 aromatic rings. The van der Waals surface area contributed by atoms with Crippen LogP contribution in [0.3, 0.4) is 0 Å². The van der Waals surface area contributed by atoms with E-state index in [0.717, 1.165) is 16.8 Å². The van der Waals surface area contributed by atoms with Gasteiger partial charge in [0.2, 0.25) is 0 Å². The fraction of sp³-hybridized carbons (Fsp3) is 0.250. The molecule has 0 bridgehead atoms. The number of amides is 2. The van der Waals surface area contributed by atoms with Crippen LogP contribution in [0.5, 0.6) is 5.75 Å². The van der Waals surface area contributed by atoms with E-state index in [9.17, 15) is 9.59 Å². The third-order valence-corrected chi connectivity index (χ3v) is 6.17. The van der Waals surface area contributed by atoms with Crippen LogP contribution in [0.2, 0.25) is 0 Å². The summed E-state index contributed by atoms with van der Waals surface area (Å²) in [6.45, 7) is 8.19. The van der Waals surface area contributed by atoms with E-state index in [1.54, 1.807) is 34.8 Å². The SMILES string of the molecule is CCN(C(=O)Nc1cccc(OC)c1)C(C)c1nc2ccccc2c(=O)n1-c1cc(C)ccc1C. The molecule has 1 heterocycles. The first-order chi connectivity index (χ1) is 16.8. The summed E-state index contributed by atoms with van der Waals surface area (Å²) in [5.74, 6) is 1.16. The summed E-state index contributed by atoms with van der Waals surface area (Å²) in [6.07, 6.45) is 0. The zero-order chi connectivity index (χ0) is 25.1. The van der Waals surface area contributed by atoms with Gasteiger partial charge in [-0.15, -0.1) is 0 Å². The number of aromatic nitrogens is 2. The van der Waals surface area contributed by atoms with Gasteiger partial charge >= 0.3 is 6.03 Å². The molecule has 0 radical (unpaired) electrons. The van der Waals surface area contributed by atoms with Crippen LogP contribution >= 0.6 is 0 Å². The Hall–Kier alpha value is -4.13. The Labute approximate surface area is 205 Å². The van der Waals surface area contributed by atoms with E-state index >= 15 is 0 Å². The van der Waals surface area contributed by atoms with Gasteiger partial charge in [-0.1, -0.05) is 30.3 Å². The van der Waals surface area contributed by atoms with Crippen molar-refractivity contribution in [2.75, 3.05) is 19.0 Å². The lowest BCUT2D eigenvalue weighted by atomic mass is 10.1. The predicted molar refractivity (Wildman–Crippen MR) is 140 cm³/mol. The van der Waals surface area contributed by atoms with E-state index in [4.69, 9.17) is 9.72 Å². The molecule has 1 N–H and O–H groups in total. The van der Waals surface area contributed by atoms with Crippen molar-refractivity contribution in [3.05, 3.63) is 94.0 Å². The lowest BCUT2D eigenvalue weighted by Gasteiger charge is -2.30. The Morgan fingerprint density at radius 1 is 1.09 bits per heavy atom. The second kappa shape index (κ2) is 10.0. The van der Waals surface area contributed by atoms with Crippen LogP contribution in [-0.2, 0) is 0 Å². The maximum atomic E-state index is 13.8. The van der Waals surface area contributed by atoms with Crippen molar-refractivity contribution in [2.24, 2.45) is 0 Å². The van der Waals surface area contributed by atoms with Crippen LogP contribution in [0, 0.1) is 13.8 Å². The molecule has 0 aliphatic carbocycles. The lowest BCUT2D eigenvalue weighted by molar-refractivity contribution is 0.193. The van der Waals surface area contributed by atoms with Crippen molar-refractivity contribution in [1.29, 1.82) is 0 Å². The van der Waals surface area contributed by atoms with E-state index < -0.39 is 6.04 Å². The van der Waals surface area contributed by atoms with Gasteiger partial charge in [-0.3, -0.25) is 9.36 Å². The number of ether oxygens (including phenoxy) is 1. The van der Waals surface area contributed by atoms with Crippen molar-refractivity contribution in [2.45, 2.75) is 33.7 Å². The first-order valence-electron chi connectivity index (χ1n) is 11.6. The number of para-hydroxylation sites is 1. The fourth-order valence-electron chi connectivity index (χ4n) is 4.25. The number of rotatable bonds is 6. The van der Waals surface area contributed by atoms with Gasteiger partial charge in [0.05, 0.1) is 29.7 Å². The molecule has 7 nitrogen and oxygen atoms in total. The monoisotopic (exact) mass is 470 g/mol. The highest BCUT2D eigenvalue weighted by Crippen LogP contribution is 2.26. The Balaban J connectivity index is 1.83. The molecule has 7 heteroatoms. The van der Waals surface area contributed by atoms with Gasteiger partial charge in [0.1, 0.15) is 11.6 Å². The van der Waals surface area contributed by atoms with E-state index in [2.05, 4.69) is 5.32 Å². The van der Waals surface area contributed by atoms with Crippen LogP contribution in [0.25, 0.3) is 16.6 Å². The summed E-state index contributed by atoms with van der Waals surface area (Å²) < 4.78 is 6.92. The molecule has 0 aliphatic rings. The summed E-state index contributed by atoms with van der Waals surface area (Å²) in [5.41, 5.74) is 3.82. The number of methoxy groups -OCH3 is 1. The number of urea groups is 1. The van der Waals surface area contributed by atoms with Crippen LogP contribution in [-0.4, -0.2) is 34.1 Å². The van der Waals surface area contributed by atoms with Gasteiger partial charge in [-0.05, 0) is 69.2 Å². The van der Waals surface area contributed by atoms with Crippen molar-refractivity contribution < 1.29 is 9.53 Å². The second-order valence-electron chi connectivity index (χ2n) is 8.54. The Morgan fingerprint density at radius 2 is 1.86 bits per heavy atom. The number of benzene rings is 3. The number of hydrogen-bond acceptors (Lipinski definition) is 4. The number of carbonyl (C=O) groups is 1. The molecule has 0 saturated heterocycles. The fourth-order valence-corrected chi connectivity index (χ4v) is 4.25. The standard InChI is InChI=1S/C28H30N4O3/c1-6-31(28(34)29-21-10-9-11-22(17-21)35-5)20(4)26-30-24-13-8-7-12-23(24)27(33)32(26)25-16-18(2)14-15-19(25)3/h7-17,20H,6H2,1-5H3,(H,29,34). The average Bonchev–Trinajstić information content (AvgIpc) is 2.86. The highest BCUT2D eigenvalue weighted by molar-refractivity contribution is 5.90. The van der Waals surface area contributed by atoms with E-state index in [0.29, 0.717) is 34.7 Å². The number of nitrogens with zero attached hydrogens (tertiary/aromatic N) is 3. The topological polar surface area (TPSA) is 76.5 Å². The predicted octanol–water partition coefficient (Wildman–Crippen LogP) is 5.63. The zero-order valence-corrected chi connectivity index (χ0v) is 20.7. The van der Waals surface area contributed by atoms with E-state index in [1.165, 1.54) is 0 Å². The Bertz CT molecular complexity index is 1440. The molecule has 180 valence electrons. The van der Waals surface area contributed by atoms with Crippen LogP contribution in [0.1, 0.15) is 36.8 Å². The molecule has 1 unspecified atom stereocenters. The quantitative estimate of drug-likeness (QED) is 0.396. The molecular formula is C28H30N4O3. The third kappa shape index (κ3) is 4.75. The van der Waals surface area contributed by atoms with Crippen molar-refractivity contribution >= 4 is 22.6 Å². The Kier molecular flexibility index (Phi) is 6.87. The lowest BCUT2D eigenvalue weighted by Crippen LogP contribution is -2.39. The van der Waals surface area contributed by atoms with Crippen molar-refractivity contribution in [3.8, 4) is 11.4 Å². The van der Waals surface area contributed by atoms with Crippen LogP contribution < -0.4 is 15.6 Å². The first-order valence-corrected chi connectivity index (χ1v) is 11.6. The molecule has 3 aromatic carbocycles. The van der Waals surface area contributed by atoms with E-state index in [-0.39, 0.29) is 11.6 Å². The summed E-state index contributed by atoms with van der Waals surface area (Å²) in [7, 11) is 1.58. The van der Waals surface area contributed by atoms with Crippen LogP contribution in [0.15, 0.2) is 71.5 Å². The minimum Gasteiger partial charge on any atom is -0.497 e. The molecule has 2 amide bonds. The second-order valence-corrected chi connectivity index (χ2v) is 8.54.